The van der Waals surface area contributed by atoms with Crippen molar-refractivity contribution in [1.29, 1.82) is 0 Å². The average molecular weight is 338 g/mol. The summed E-state index contributed by atoms with van der Waals surface area (Å²) in [7, 11) is 1.31. The van der Waals surface area contributed by atoms with Gasteiger partial charge in [0.25, 0.3) is 0 Å². The van der Waals surface area contributed by atoms with Gasteiger partial charge in [-0.15, -0.1) is 11.3 Å². The number of amides is 2. The third-order valence-electron chi connectivity index (χ3n) is 3.92. The van der Waals surface area contributed by atoms with Crippen molar-refractivity contribution in [1.82, 2.24) is 9.80 Å². The maximum absolute atomic E-state index is 12.2. The van der Waals surface area contributed by atoms with Crippen LogP contribution in [0.15, 0.2) is 17.5 Å². The van der Waals surface area contributed by atoms with Crippen LogP contribution < -0.4 is 0 Å². The van der Waals surface area contributed by atoms with Crippen LogP contribution in [0.25, 0.3) is 0 Å². The molecule has 0 radical (unpaired) electrons. The van der Waals surface area contributed by atoms with E-state index in [1.54, 1.807) is 16.2 Å². The molecule has 126 valence electrons. The van der Waals surface area contributed by atoms with E-state index >= 15 is 0 Å². The highest BCUT2D eigenvalue weighted by atomic mass is 32.1. The highest BCUT2D eigenvalue weighted by Gasteiger charge is 2.24. The molecule has 0 saturated carbocycles. The van der Waals surface area contributed by atoms with Crippen molar-refractivity contribution in [3.8, 4) is 0 Å². The third-order valence-corrected chi connectivity index (χ3v) is 4.86. The molecule has 0 bridgehead atoms. The van der Waals surface area contributed by atoms with Crippen LogP contribution in [-0.4, -0.2) is 60.9 Å². The molecule has 0 aromatic carbocycles. The molecule has 7 heteroatoms. The van der Waals surface area contributed by atoms with E-state index in [-0.39, 0.29) is 30.6 Å². The second-order valence-electron chi connectivity index (χ2n) is 5.42. The summed E-state index contributed by atoms with van der Waals surface area (Å²) in [5.74, 6) is -0.290. The Labute approximate surface area is 140 Å². The minimum absolute atomic E-state index is 0.0546. The van der Waals surface area contributed by atoms with Gasteiger partial charge in [-0.05, 0) is 17.9 Å². The largest absolute Gasteiger partial charge is 0.469 e. The zero-order valence-electron chi connectivity index (χ0n) is 13.3. The highest BCUT2D eigenvalue weighted by molar-refractivity contribution is 7.09. The van der Waals surface area contributed by atoms with Crippen molar-refractivity contribution in [3.05, 3.63) is 22.4 Å². The molecule has 1 fully saturated rings. The topological polar surface area (TPSA) is 66.9 Å². The lowest BCUT2D eigenvalue weighted by molar-refractivity contribution is -0.144. The van der Waals surface area contributed by atoms with Crippen LogP contribution in [0, 0.1) is 0 Å². The van der Waals surface area contributed by atoms with Crippen LogP contribution in [0.3, 0.4) is 0 Å². The molecular formula is C16H22N2O4S. The normalized spacial score (nSPS) is 14.7. The molecular weight excluding hydrogens is 316 g/mol. The summed E-state index contributed by atoms with van der Waals surface area (Å²) in [5, 5.41) is 2.01. The SMILES string of the molecule is COC(=O)CCC(=O)N1CCN(C(=O)CCc2cccs2)CC1. The average Bonchev–Trinajstić information content (AvgIpc) is 3.10. The first-order chi connectivity index (χ1) is 11.1. The predicted octanol–water partition coefficient (Wildman–Crippen LogP) is 1.30. The lowest BCUT2D eigenvalue weighted by Crippen LogP contribution is -2.50. The maximum Gasteiger partial charge on any atom is 0.306 e. The number of carbonyl (C=O) groups excluding carboxylic acids is 3. The van der Waals surface area contributed by atoms with Gasteiger partial charge in [-0.1, -0.05) is 6.07 Å². The van der Waals surface area contributed by atoms with Gasteiger partial charge in [-0.2, -0.15) is 0 Å². The Morgan fingerprint density at radius 3 is 2.17 bits per heavy atom. The zero-order chi connectivity index (χ0) is 16.7. The third kappa shape index (κ3) is 5.35. The Hall–Kier alpha value is -1.89. The van der Waals surface area contributed by atoms with E-state index in [0.29, 0.717) is 32.6 Å². The Bertz CT molecular complexity index is 536. The number of esters is 1. The van der Waals surface area contributed by atoms with Gasteiger partial charge in [0.2, 0.25) is 11.8 Å². The van der Waals surface area contributed by atoms with E-state index in [1.165, 1.54) is 12.0 Å². The predicted molar refractivity (Wildman–Crippen MR) is 87.1 cm³/mol. The van der Waals surface area contributed by atoms with Crippen LogP contribution >= 0.6 is 11.3 Å². The summed E-state index contributed by atoms with van der Waals surface area (Å²) < 4.78 is 4.53. The molecule has 1 aromatic heterocycles. The van der Waals surface area contributed by atoms with E-state index in [1.807, 2.05) is 22.4 Å². The van der Waals surface area contributed by atoms with Gasteiger partial charge in [0.05, 0.1) is 13.5 Å². The van der Waals surface area contributed by atoms with E-state index < -0.39 is 0 Å². The molecule has 1 saturated heterocycles. The van der Waals surface area contributed by atoms with Gasteiger partial charge in [0.1, 0.15) is 0 Å². The molecule has 2 heterocycles. The first kappa shape index (κ1) is 17.5. The minimum atomic E-state index is -0.374. The second kappa shape index (κ2) is 8.67. The number of hydrogen-bond donors (Lipinski definition) is 0. The van der Waals surface area contributed by atoms with Gasteiger partial charge in [0.15, 0.2) is 0 Å². The van der Waals surface area contributed by atoms with E-state index in [2.05, 4.69) is 4.74 Å². The number of hydrogen-bond acceptors (Lipinski definition) is 5. The number of thiophene rings is 1. The zero-order valence-corrected chi connectivity index (χ0v) is 14.1. The van der Waals surface area contributed by atoms with Crippen molar-refractivity contribution >= 4 is 29.1 Å². The van der Waals surface area contributed by atoms with Crippen LogP contribution in [0.5, 0.6) is 0 Å². The van der Waals surface area contributed by atoms with Crippen molar-refractivity contribution < 1.29 is 19.1 Å². The number of nitrogens with zero attached hydrogens (tertiary/aromatic N) is 2. The standard InChI is InChI=1S/C16H22N2O4S/c1-22-16(21)7-6-15(20)18-10-8-17(9-11-18)14(19)5-4-13-3-2-12-23-13/h2-3,12H,4-11H2,1H3. The summed E-state index contributed by atoms with van der Waals surface area (Å²) in [4.78, 5) is 40.0. The molecule has 1 aromatic rings. The van der Waals surface area contributed by atoms with Gasteiger partial charge in [0, 0.05) is 43.9 Å². The number of aryl methyl sites for hydroxylation is 1. The van der Waals surface area contributed by atoms with Crippen LogP contribution in [-0.2, 0) is 25.5 Å². The molecule has 0 unspecified atom stereocenters. The lowest BCUT2D eigenvalue weighted by Gasteiger charge is -2.34. The first-order valence-electron chi connectivity index (χ1n) is 7.75. The molecule has 6 nitrogen and oxygen atoms in total. The molecule has 1 aliphatic rings. The molecule has 23 heavy (non-hydrogen) atoms. The Morgan fingerprint density at radius 2 is 1.65 bits per heavy atom. The molecule has 2 rings (SSSR count). The summed E-state index contributed by atoms with van der Waals surface area (Å²) >= 11 is 1.66. The minimum Gasteiger partial charge on any atom is -0.469 e. The second-order valence-corrected chi connectivity index (χ2v) is 6.45. The summed E-state index contributed by atoms with van der Waals surface area (Å²) in [6, 6.07) is 4.03. The Balaban J connectivity index is 1.69. The van der Waals surface area contributed by atoms with Gasteiger partial charge >= 0.3 is 5.97 Å². The summed E-state index contributed by atoms with van der Waals surface area (Å²) in [6.07, 6.45) is 1.56. The molecule has 2 amide bonds. The molecule has 0 aliphatic carbocycles. The number of rotatable bonds is 6. The van der Waals surface area contributed by atoms with Crippen molar-refractivity contribution in [2.45, 2.75) is 25.7 Å². The summed E-state index contributed by atoms with van der Waals surface area (Å²) in [6.45, 7) is 2.19. The highest BCUT2D eigenvalue weighted by Crippen LogP contribution is 2.13. The Kier molecular flexibility index (Phi) is 6.58. The quantitative estimate of drug-likeness (QED) is 0.734. The fourth-order valence-corrected chi connectivity index (χ4v) is 3.23. The maximum atomic E-state index is 12.2. The number of methoxy groups -OCH3 is 1. The van der Waals surface area contributed by atoms with Crippen LogP contribution in [0.1, 0.15) is 24.1 Å². The monoisotopic (exact) mass is 338 g/mol. The molecule has 0 spiro atoms. The van der Waals surface area contributed by atoms with Crippen LogP contribution in [0.4, 0.5) is 0 Å². The van der Waals surface area contributed by atoms with Crippen molar-refractivity contribution in [2.75, 3.05) is 33.3 Å². The molecule has 0 atom stereocenters. The number of piperazine rings is 1. The lowest BCUT2D eigenvalue weighted by atomic mass is 10.2. The van der Waals surface area contributed by atoms with Gasteiger partial charge in [-0.25, -0.2) is 0 Å². The summed E-state index contributed by atoms with van der Waals surface area (Å²) in [5.41, 5.74) is 0. The van der Waals surface area contributed by atoms with E-state index in [0.717, 1.165) is 6.42 Å². The molecule has 0 N–H and O–H groups in total. The number of ether oxygens (including phenoxy) is 1. The van der Waals surface area contributed by atoms with Gasteiger partial charge in [-0.3, -0.25) is 14.4 Å². The van der Waals surface area contributed by atoms with E-state index in [9.17, 15) is 14.4 Å². The van der Waals surface area contributed by atoms with Crippen LogP contribution in [0.2, 0.25) is 0 Å². The fraction of sp³-hybridized carbons (Fsp3) is 0.562. The first-order valence-corrected chi connectivity index (χ1v) is 8.63. The number of carbonyl (C=O) groups is 3. The smallest absolute Gasteiger partial charge is 0.306 e. The molecule has 1 aliphatic heterocycles. The fourth-order valence-electron chi connectivity index (χ4n) is 2.52. The van der Waals surface area contributed by atoms with Crippen molar-refractivity contribution in [3.63, 3.8) is 0 Å². The Morgan fingerprint density at radius 1 is 1.04 bits per heavy atom. The van der Waals surface area contributed by atoms with E-state index in [4.69, 9.17) is 0 Å². The van der Waals surface area contributed by atoms with Crippen molar-refractivity contribution in [2.24, 2.45) is 0 Å². The van der Waals surface area contributed by atoms with Gasteiger partial charge < -0.3 is 14.5 Å².